The first kappa shape index (κ1) is 14.2. The quantitative estimate of drug-likeness (QED) is 0.810. The Hall–Kier alpha value is -0.320. The summed E-state index contributed by atoms with van der Waals surface area (Å²) in [6.07, 6.45) is 1.46. The first-order valence-electron chi connectivity index (χ1n) is 3.19. The molecule has 0 amide bonds. The normalized spacial score (nSPS) is 8.58. The molecule has 1 heterocycles. The average Bonchev–Trinajstić information content (AvgIpc) is 2.30. The fourth-order valence-electron chi connectivity index (χ4n) is 0.766. The number of rotatable bonds is 2. The number of nitrogens with zero attached hydrogens (tertiary/aromatic N) is 2. The molecule has 0 aliphatic rings. The van der Waals surface area contributed by atoms with Crippen LogP contribution in [-0.2, 0) is 13.1 Å². The molecule has 0 aliphatic carbocycles. The fourth-order valence-corrected chi connectivity index (χ4v) is 0.766. The molecule has 3 nitrogen and oxygen atoms in total. The van der Waals surface area contributed by atoms with Crippen LogP contribution in [0.1, 0.15) is 12.5 Å². The van der Waals surface area contributed by atoms with Gasteiger partial charge < -0.3 is 5.73 Å². The standard InChI is InChI=1S/C6H10FN3.2ClH/c1-2-10-6(7)5(3-8)4-9-10;;/h4H,2-3,8H2,1H3;2*1H. The van der Waals surface area contributed by atoms with Crippen LogP contribution in [0.4, 0.5) is 4.39 Å². The smallest absolute Gasteiger partial charge is 0.215 e. The fraction of sp³-hybridized carbons (Fsp3) is 0.500. The summed E-state index contributed by atoms with van der Waals surface area (Å²) in [5.74, 6) is -0.315. The average molecular weight is 216 g/mol. The van der Waals surface area contributed by atoms with Gasteiger partial charge in [0.1, 0.15) is 0 Å². The number of hydrogen-bond acceptors (Lipinski definition) is 2. The summed E-state index contributed by atoms with van der Waals surface area (Å²) in [4.78, 5) is 0. The van der Waals surface area contributed by atoms with Gasteiger partial charge in [0.15, 0.2) is 0 Å². The van der Waals surface area contributed by atoms with Crippen LogP contribution in [0.5, 0.6) is 0 Å². The lowest BCUT2D eigenvalue weighted by Gasteiger charge is -1.94. The summed E-state index contributed by atoms with van der Waals surface area (Å²) in [5.41, 5.74) is 5.70. The van der Waals surface area contributed by atoms with E-state index < -0.39 is 0 Å². The molecule has 1 rings (SSSR count). The Morgan fingerprint density at radius 2 is 2.17 bits per heavy atom. The maximum Gasteiger partial charge on any atom is 0.215 e. The van der Waals surface area contributed by atoms with Gasteiger partial charge in [0.05, 0.1) is 6.20 Å². The number of nitrogens with two attached hydrogens (primary N) is 1. The molecule has 0 bridgehead atoms. The lowest BCUT2D eigenvalue weighted by Crippen LogP contribution is -2.03. The van der Waals surface area contributed by atoms with E-state index in [9.17, 15) is 4.39 Å². The monoisotopic (exact) mass is 215 g/mol. The minimum Gasteiger partial charge on any atom is -0.326 e. The number of hydrogen-bond donors (Lipinski definition) is 1. The highest BCUT2D eigenvalue weighted by atomic mass is 35.5. The third-order valence-corrected chi connectivity index (χ3v) is 1.36. The summed E-state index contributed by atoms with van der Waals surface area (Å²) >= 11 is 0. The van der Waals surface area contributed by atoms with Crippen molar-refractivity contribution in [2.75, 3.05) is 0 Å². The molecule has 0 saturated heterocycles. The molecule has 0 spiro atoms. The van der Waals surface area contributed by atoms with Gasteiger partial charge in [0.25, 0.3) is 0 Å². The van der Waals surface area contributed by atoms with E-state index in [2.05, 4.69) is 5.10 Å². The maximum atomic E-state index is 12.9. The van der Waals surface area contributed by atoms with Crippen LogP contribution in [0.25, 0.3) is 0 Å². The van der Waals surface area contributed by atoms with Crippen LogP contribution >= 0.6 is 24.8 Å². The highest BCUT2D eigenvalue weighted by Gasteiger charge is 2.05. The third kappa shape index (κ3) is 2.62. The van der Waals surface area contributed by atoms with E-state index in [-0.39, 0.29) is 37.3 Å². The molecular weight excluding hydrogens is 204 g/mol. The Morgan fingerprint density at radius 3 is 2.42 bits per heavy atom. The Kier molecular flexibility index (Phi) is 7.37. The molecule has 1 aromatic rings. The molecule has 0 atom stereocenters. The largest absolute Gasteiger partial charge is 0.326 e. The second kappa shape index (κ2) is 6.22. The predicted octanol–water partition coefficient (Wildman–Crippen LogP) is 1.34. The van der Waals surface area contributed by atoms with Crippen molar-refractivity contribution in [1.82, 2.24) is 9.78 Å². The minimum absolute atomic E-state index is 0. The van der Waals surface area contributed by atoms with Crippen LogP contribution in [-0.4, -0.2) is 9.78 Å². The molecule has 72 valence electrons. The van der Waals surface area contributed by atoms with Gasteiger partial charge in [-0.25, -0.2) is 4.68 Å². The summed E-state index contributed by atoms with van der Waals surface area (Å²) < 4.78 is 14.1. The van der Waals surface area contributed by atoms with Crippen LogP contribution in [0.2, 0.25) is 0 Å². The summed E-state index contributed by atoms with van der Waals surface area (Å²) in [5, 5.41) is 3.77. The molecule has 6 heteroatoms. The zero-order valence-electron chi connectivity index (χ0n) is 6.66. The number of aromatic nitrogens is 2. The van der Waals surface area contributed by atoms with E-state index in [1.54, 1.807) is 0 Å². The Labute approximate surface area is 82.9 Å². The van der Waals surface area contributed by atoms with Crippen LogP contribution in [0, 0.1) is 5.95 Å². The van der Waals surface area contributed by atoms with Crippen molar-refractivity contribution in [3.05, 3.63) is 17.7 Å². The highest BCUT2D eigenvalue weighted by Crippen LogP contribution is 2.03. The van der Waals surface area contributed by atoms with Crippen molar-refractivity contribution < 1.29 is 4.39 Å². The molecule has 0 fully saturated rings. The lowest BCUT2D eigenvalue weighted by atomic mass is 10.4. The van der Waals surface area contributed by atoms with E-state index in [4.69, 9.17) is 5.73 Å². The second-order valence-electron chi connectivity index (χ2n) is 1.98. The van der Waals surface area contributed by atoms with E-state index in [0.717, 1.165) is 0 Å². The summed E-state index contributed by atoms with van der Waals surface area (Å²) in [6, 6.07) is 0. The first-order valence-corrected chi connectivity index (χ1v) is 3.19. The Bertz CT molecular complexity index is 205. The van der Waals surface area contributed by atoms with Crippen molar-refractivity contribution in [2.24, 2.45) is 5.73 Å². The van der Waals surface area contributed by atoms with Crippen molar-refractivity contribution in [1.29, 1.82) is 0 Å². The minimum atomic E-state index is -0.315. The molecule has 2 N–H and O–H groups in total. The molecule has 0 aliphatic heterocycles. The highest BCUT2D eigenvalue weighted by molar-refractivity contribution is 5.85. The van der Waals surface area contributed by atoms with Gasteiger partial charge in [-0.15, -0.1) is 24.8 Å². The summed E-state index contributed by atoms with van der Waals surface area (Å²) in [6.45, 7) is 2.59. The molecule has 1 aromatic heterocycles. The van der Waals surface area contributed by atoms with E-state index in [0.29, 0.717) is 12.1 Å². The maximum absolute atomic E-state index is 12.9. The van der Waals surface area contributed by atoms with Gasteiger partial charge in [-0.2, -0.15) is 9.49 Å². The molecule has 0 radical (unpaired) electrons. The van der Waals surface area contributed by atoms with Crippen LogP contribution in [0.15, 0.2) is 6.20 Å². The molecule has 0 unspecified atom stereocenters. The Balaban J connectivity index is 0. The van der Waals surface area contributed by atoms with Gasteiger partial charge in [-0.1, -0.05) is 0 Å². The van der Waals surface area contributed by atoms with Gasteiger partial charge in [-0.3, -0.25) is 0 Å². The molecule has 0 saturated carbocycles. The number of aryl methyl sites for hydroxylation is 1. The molecule has 0 aromatic carbocycles. The van der Waals surface area contributed by atoms with Crippen molar-refractivity contribution in [3.8, 4) is 0 Å². The van der Waals surface area contributed by atoms with E-state index >= 15 is 0 Å². The third-order valence-electron chi connectivity index (χ3n) is 1.36. The van der Waals surface area contributed by atoms with Crippen molar-refractivity contribution in [2.45, 2.75) is 20.0 Å². The van der Waals surface area contributed by atoms with Crippen molar-refractivity contribution >= 4 is 24.8 Å². The lowest BCUT2D eigenvalue weighted by molar-refractivity contribution is 0.464. The van der Waals surface area contributed by atoms with E-state index in [1.165, 1.54) is 10.9 Å². The van der Waals surface area contributed by atoms with Gasteiger partial charge in [0.2, 0.25) is 5.95 Å². The predicted molar refractivity (Wildman–Crippen MR) is 50.2 cm³/mol. The SMILES string of the molecule is CCn1ncc(CN)c1F.Cl.Cl. The topological polar surface area (TPSA) is 43.8 Å². The zero-order valence-corrected chi connectivity index (χ0v) is 8.29. The van der Waals surface area contributed by atoms with Gasteiger partial charge >= 0.3 is 0 Å². The molecule has 12 heavy (non-hydrogen) atoms. The summed E-state index contributed by atoms with van der Waals surface area (Å²) in [7, 11) is 0. The first-order chi connectivity index (χ1) is 4.79. The van der Waals surface area contributed by atoms with Crippen molar-refractivity contribution in [3.63, 3.8) is 0 Å². The van der Waals surface area contributed by atoms with E-state index in [1.807, 2.05) is 6.92 Å². The Morgan fingerprint density at radius 1 is 1.58 bits per heavy atom. The number of halogens is 3. The molecular formula is C6H12Cl2FN3. The zero-order chi connectivity index (χ0) is 7.56. The van der Waals surface area contributed by atoms with Gasteiger partial charge in [-0.05, 0) is 6.92 Å². The van der Waals surface area contributed by atoms with Crippen LogP contribution in [0.3, 0.4) is 0 Å². The second-order valence-corrected chi connectivity index (χ2v) is 1.98. The van der Waals surface area contributed by atoms with Gasteiger partial charge in [0, 0.05) is 18.7 Å². The van der Waals surface area contributed by atoms with Crippen LogP contribution < -0.4 is 5.73 Å².